The zero-order chi connectivity index (χ0) is 13.0. The van der Waals surface area contributed by atoms with Gasteiger partial charge in [-0.1, -0.05) is 29.8 Å². The van der Waals surface area contributed by atoms with E-state index in [1.54, 1.807) is 42.5 Å². The third-order valence-corrected chi connectivity index (χ3v) is 2.70. The summed E-state index contributed by atoms with van der Waals surface area (Å²) < 4.78 is 5.63. The number of ether oxygens (including phenoxy) is 1. The molecule has 2 aromatic carbocycles. The van der Waals surface area contributed by atoms with Gasteiger partial charge in [0.15, 0.2) is 6.29 Å². The Morgan fingerprint density at radius 2 is 1.94 bits per heavy atom. The maximum absolute atomic E-state index is 10.9. The lowest BCUT2D eigenvalue weighted by atomic mass is 10.2. The highest BCUT2D eigenvalue weighted by molar-refractivity contribution is 6.30. The first-order chi connectivity index (χ1) is 8.74. The van der Waals surface area contributed by atoms with Crippen LogP contribution in [-0.4, -0.2) is 11.4 Å². The van der Waals surface area contributed by atoms with Crippen molar-refractivity contribution in [2.24, 2.45) is 0 Å². The van der Waals surface area contributed by atoms with Crippen molar-refractivity contribution < 1.29 is 14.6 Å². The summed E-state index contributed by atoms with van der Waals surface area (Å²) in [5.41, 5.74) is 1.06. The summed E-state index contributed by atoms with van der Waals surface area (Å²) in [5.74, 6) is 0.878. The quantitative estimate of drug-likeness (QED) is 0.859. The van der Waals surface area contributed by atoms with Crippen molar-refractivity contribution in [1.82, 2.24) is 0 Å². The van der Waals surface area contributed by atoms with Gasteiger partial charge in [0.1, 0.15) is 11.5 Å². The predicted octanol–water partition coefficient (Wildman–Crippen LogP) is 3.44. The molecule has 0 unspecified atom stereocenters. The van der Waals surface area contributed by atoms with Crippen LogP contribution in [0.5, 0.6) is 11.5 Å². The lowest BCUT2D eigenvalue weighted by molar-refractivity contribution is 0.112. The van der Waals surface area contributed by atoms with Crippen LogP contribution in [0.15, 0.2) is 42.5 Å². The monoisotopic (exact) mass is 262 g/mol. The Kier molecular flexibility index (Phi) is 3.97. The number of carbonyl (C=O) groups is 1. The molecule has 0 spiro atoms. The van der Waals surface area contributed by atoms with E-state index >= 15 is 0 Å². The van der Waals surface area contributed by atoms with Gasteiger partial charge in [-0.3, -0.25) is 4.79 Å². The number of hydrogen-bond acceptors (Lipinski definition) is 3. The first-order valence-corrected chi connectivity index (χ1v) is 5.73. The Morgan fingerprint density at radius 1 is 1.17 bits per heavy atom. The molecule has 0 aromatic heterocycles. The van der Waals surface area contributed by atoms with Gasteiger partial charge in [-0.25, -0.2) is 0 Å². The molecule has 0 aliphatic heterocycles. The Labute approximate surface area is 110 Å². The van der Waals surface area contributed by atoms with Gasteiger partial charge in [0.05, 0.1) is 12.2 Å². The van der Waals surface area contributed by atoms with Gasteiger partial charge < -0.3 is 9.84 Å². The number of aliphatic hydroxyl groups is 1. The molecule has 0 heterocycles. The molecule has 0 aliphatic rings. The molecular formula is C14H11ClO3. The van der Waals surface area contributed by atoms with Gasteiger partial charge >= 0.3 is 0 Å². The number of aliphatic hydroxyl groups excluding tert-OH is 1. The van der Waals surface area contributed by atoms with Crippen molar-refractivity contribution in [3.63, 3.8) is 0 Å². The molecule has 0 saturated heterocycles. The van der Waals surface area contributed by atoms with Crippen LogP contribution in [0, 0.1) is 0 Å². The Morgan fingerprint density at radius 3 is 2.67 bits per heavy atom. The number of halogens is 1. The fourth-order valence-corrected chi connectivity index (χ4v) is 1.71. The number of hydrogen-bond donors (Lipinski definition) is 1. The molecule has 1 N–H and O–H groups in total. The summed E-state index contributed by atoms with van der Waals surface area (Å²) >= 11 is 5.87. The summed E-state index contributed by atoms with van der Waals surface area (Å²) in [5, 5.41) is 9.69. The van der Waals surface area contributed by atoms with Crippen LogP contribution in [0.4, 0.5) is 0 Å². The van der Waals surface area contributed by atoms with Gasteiger partial charge in [-0.05, 0) is 18.2 Å². The molecular weight excluding hydrogens is 252 g/mol. The number of rotatable bonds is 4. The van der Waals surface area contributed by atoms with Crippen molar-refractivity contribution in [2.45, 2.75) is 6.61 Å². The van der Waals surface area contributed by atoms with Crippen molar-refractivity contribution >= 4 is 17.9 Å². The van der Waals surface area contributed by atoms with Gasteiger partial charge in [0, 0.05) is 16.7 Å². The summed E-state index contributed by atoms with van der Waals surface area (Å²) in [6.45, 7) is -0.132. The molecule has 0 atom stereocenters. The first-order valence-electron chi connectivity index (χ1n) is 5.36. The standard InChI is InChI=1S/C14H11ClO3/c15-12-6-5-11(9-17)14(7-12)18-13-4-2-1-3-10(13)8-16/h1-7,9,16H,8H2. The van der Waals surface area contributed by atoms with Crippen LogP contribution in [0.2, 0.25) is 5.02 Å². The van der Waals surface area contributed by atoms with E-state index in [1.165, 1.54) is 0 Å². The molecule has 2 aromatic rings. The van der Waals surface area contributed by atoms with Crippen LogP contribution in [0.25, 0.3) is 0 Å². The largest absolute Gasteiger partial charge is 0.456 e. The van der Waals surface area contributed by atoms with E-state index in [1.807, 2.05) is 0 Å². The van der Waals surface area contributed by atoms with Crippen LogP contribution in [0.1, 0.15) is 15.9 Å². The summed E-state index contributed by atoms with van der Waals surface area (Å²) in [6, 6.07) is 11.8. The number of benzene rings is 2. The minimum Gasteiger partial charge on any atom is -0.456 e. The van der Waals surface area contributed by atoms with E-state index < -0.39 is 0 Å². The van der Waals surface area contributed by atoms with Gasteiger partial charge in [0.25, 0.3) is 0 Å². The van der Waals surface area contributed by atoms with Crippen molar-refractivity contribution in [3.8, 4) is 11.5 Å². The minimum absolute atomic E-state index is 0.132. The van der Waals surface area contributed by atoms with Crippen LogP contribution < -0.4 is 4.74 Å². The zero-order valence-electron chi connectivity index (χ0n) is 9.47. The third kappa shape index (κ3) is 2.70. The van der Waals surface area contributed by atoms with E-state index in [9.17, 15) is 9.90 Å². The fourth-order valence-electron chi connectivity index (χ4n) is 1.55. The number of para-hydroxylation sites is 1. The molecule has 18 heavy (non-hydrogen) atoms. The molecule has 0 amide bonds. The van der Waals surface area contributed by atoms with E-state index in [-0.39, 0.29) is 6.61 Å². The molecule has 0 fully saturated rings. The maximum Gasteiger partial charge on any atom is 0.153 e. The lowest BCUT2D eigenvalue weighted by Gasteiger charge is -2.11. The average molecular weight is 263 g/mol. The molecule has 92 valence electrons. The van der Waals surface area contributed by atoms with Crippen LogP contribution in [-0.2, 0) is 6.61 Å². The van der Waals surface area contributed by atoms with Crippen LogP contribution >= 0.6 is 11.6 Å². The van der Waals surface area contributed by atoms with E-state index in [0.717, 1.165) is 0 Å². The highest BCUT2D eigenvalue weighted by Gasteiger charge is 2.08. The van der Waals surface area contributed by atoms with Crippen LogP contribution in [0.3, 0.4) is 0 Å². The molecule has 0 saturated carbocycles. The van der Waals surface area contributed by atoms with E-state index in [2.05, 4.69) is 0 Å². The SMILES string of the molecule is O=Cc1ccc(Cl)cc1Oc1ccccc1CO. The molecule has 2 rings (SSSR count). The first kappa shape index (κ1) is 12.6. The zero-order valence-corrected chi connectivity index (χ0v) is 10.2. The van der Waals surface area contributed by atoms with Gasteiger partial charge in [-0.15, -0.1) is 0 Å². The molecule has 0 bridgehead atoms. The second-order valence-electron chi connectivity index (χ2n) is 3.67. The molecule has 4 heteroatoms. The fraction of sp³-hybridized carbons (Fsp3) is 0.0714. The number of carbonyl (C=O) groups excluding carboxylic acids is 1. The van der Waals surface area contributed by atoms with Gasteiger partial charge in [-0.2, -0.15) is 0 Å². The van der Waals surface area contributed by atoms with Crippen molar-refractivity contribution in [1.29, 1.82) is 0 Å². The summed E-state index contributed by atoms with van der Waals surface area (Å²) in [6.07, 6.45) is 0.702. The second kappa shape index (κ2) is 5.67. The molecule has 0 radical (unpaired) electrons. The Hall–Kier alpha value is -1.84. The Bertz CT molecular complexity index is 567. The highest BCUT2D eigenvalue weighted by atomic mass is 35.5. The predicted molar refractivity (Wildman–Crippen MR) is 69.3 cm³/mol. The average Bonchev–Trinajstić information content (AvgIpc) is 2.40. The topological polar surface area (TPSA) is 46.5 Å². The molecule has 0 aliphatic carbocycles. The smallest absolute Gasteiger partial charge is 0.153 e. The van der Waals surface area contributed by atoms with Gasteiger partial charge in [0.2, 0.25) is 0 Å². The van der Waals surface area contributed by atoms with E-state index in [4.69, 9.17) is 16.3 Å². The molecule has 3 nitrogen and oxygen atoms in total. The highest BCUT2D eigenvalue weighted by Crippen LogP contribution is 2.29. The van der Waals surface area contributed by atoms with Crippen molar-refractivity contribution in [3.05, 3.63) is 58.6 Å². The van der Waals surface area contributed by atoms with Crippen molar-refractivity contribution in [2.75, 3.05) is 0 Å². The summed E-state index contributed by atoms with van der Waals surface area (Å²) in [4.78, 5) is 10.9. The third-order valence-electron chi connectivity index (χ3n) is 2.47. The maximum atomic E-state index is 10.9. The second-order valence-corrected chi connectivity index (χ2v) is 4.10. The minimum atomic E-state index is -0.132. The summed E-state index contributed by atoms with van der Waals surface area (Å²) in [7, 11) is 0. The number of aldehydes is 1. The lowest BCUT2D eigenvalue weighted by Crippen LogP contribution is -1.94. The normalized spacial score (nSPS) is 10.1. The van der Waals surface area contributed by atoms with E-state index in [0.29, 0.717) is 33.9 Å². The Balaban J connectivity index is 2.39.